The van der Waals surface area contributed by atoms with Crippen LogP contribution in [0.3, 0.4) is 0 Å². The Hall–Kier alpha value is -0.770. The zero-order chi connectivity index (χ0) is 6.69. The van der Waals surface area contributed by atoms with Gasteiger partial charge in [0, 0.05) is 7.05 Å². The van der Waals surface area contributed by atoms with Gasteiger partial charge in [-0.05, 0) is 0 Å². The Morgan fingerprint density at radius 3 is 2.33 bits per heavy atom. The molecule has 0 fully saturated rings. The van der Waals surface area contributed by atoms with Gasteiger partial charge in [-0.3, -0.25) is 0 Å². The van der Waals surface area contributed by atoms with E-state index in [1.807, 2.05) is 7.05 Å². The molecule has 0 atom stereocenters. The fourth-order valence-corrected chi connectivity index (χ4v) is 0.562. The van der Waals surface area contributed by atoms with Crippen molar-refractivity contribution in [2.24, 2.45) is 0 Å². The van der Waals surface area contributed by atoms with Crippen molar-refractivity contribution >= 4 is 18.5 Å². The second-order valence-corrected chi connectivity index (χ2v) is 2.22. The number of nitrogens with zero attached hydrogens (tertiary/aromatic N) is 3. The van der Waals surface area contributed by atoms with Gasteiger partial charge in [0.25, 0.3) is 0 Å². The predicted molar refractivity (Wildman–Crippen MR) is 39.4 cm³/mol. The van der Waals surface area contributed by atoms with Crippen LogP contribution in [0.2, 0.25) is 0 Å². The van der Waals surface area contributed by atoms with Crippen molar-refractivity contribution in [2.45, 2.75) is 0 Å². The SMILES string of the molecule is CN(S)c1cncnc1. The molecule has 1 heterocycles. The highest BCUT2D eigenvalue weighted by atomic mass is 32.1. The highest BCUT2D eigenvalue weighted by Gasteiger charge is 1.91. The van der Waals surface area contributed by atoms with Crippen molar-refractivity contribution in [3.8, 4) is 0 Å². The van der Waals surface area contributed by atoms with Crippen LogP contribution in [0.15, 0.2) is 18.7 Å². The van der Waals surface area contributed by atoms with Crippen molar-refractivity contribution in [1.82, 2.24) is 9.97 Å². The quantitative estimate of drug-likeness (QED) is 0.585. The average molecular weight is 141 g/mol. The van der Waals surface area contributed by atoms with Crippen LogP contribution in [0.5, 0.6) is 0 Å². The molecule has 0 saturated carbocycles. The smallest absolute Gasteiger partial charge is 0.115 e. The average Bonchev–Trinajstić information content (AvgIpc) is 1.90. The Bertz CT molecular complexity index is 175. The van der Waals surface area contributed by atoms with E-state index in [1.54, 1.807) is 16.7 Å². The van der Waals surface area contributed by atoms with E-state index >= 15 is 0 Å². The molecule has 0 aliphatic rings. The summed E-state index contributed by atoms with van der Waals surface area (Å²) < 4.78 is 1.65. The molecular weight excluding hydrogens is 134 g/mol. The van der Waals surface area contributed by atoms with Gasteiger partial charge in [-0.2, -0.15) is 0 Å². The largest absolute Gasteiger partial charge is 0.319 e. The fraction of sp³-hybridized carbons (Fsp3) is 0.200. The summed E-state index contributed by atoms with van der Waals surface area (Å²) in [4.78, 5) is 7.61. The summed E-state index contributed by atoms with van der Waals surface area (Å²) in [5.41, 5.74) is 0.890. The van der Waals surface area contributed by atoms with Crippen LogP contribution in [0.1, 0.15) is 0 Å². The summed E-state index contributed by atoms with van der Waals surface area (Å²) >= 11 is 4.04. The lowest BCUT2D eigenvalue weighted by atomic mass is 10.5. The second kappa shape index (κ2) is 2.68. The Labute approximate surface area is 59.3 Å². The van der Waals surface area contributed by atoms with Gasteiger partial charge in [0.05, 0.1) is 18.1 Å². The van der Waals surface area contributed by atoms with Gasteiger partial charge in [-0.15, -0.1) is 0 Å². The maximum atomic E-state index is 4.04. The van der Waals surface area contributed by atoms with Crippen molar-refractivity contribution in [1.29, 1.82) is 0 Å². The maximum Gasteiger partial charge on any atom is 0.115 e. The monoisotopic (exact) mass is 141 g/mol. The van der Waals surface area contributed by atoms with Gasteiger partial charge in [0.2, 0.25) is 0 Å². The molecule has 1 rings (SSSR count). The summed E-state index contributed by atoms with van der Waals surface area (Å²) in [7, 11) is 1.82. The molecule has 48 valence electrons. The van der Waals surface area contributed by atoms with Gasteiger partial charge < -0.3 is 4.31 Å². The first kappa shape index (κ1) is 6.35. The van der Waals surface area contributed by atoms with Crippen molar-refractivity contribution in [2.75, 3.05) is 11.4 Å². The molecule has 0 saturated heterocycles. The molecule has 0 aliphatic carbocycles. The van der Waals surface area contributed by atoms with Crippen LogP contribution in [0, 0.1) is 0 Å². The van der Waals surface area contributed by atoms with Crippen molar-refractivity contribution in [3.63, 3.8) is 0 Å². The van der Waals surface area contributed by atoms with Gasteiger partial charge in [-0.1, -0.05) is 12.8 Å². The normalized spacial score (nSPS) is 9.11. The van der Waals surface area contributed by atoms with E-state index in [9.17, 15) is 0 Å². The first-order valence-electron chi connectivity index (χ1n) is 2.48. The van der Waals surface area contributed by atoms with Gasteiger partial charge in [0.15, 0.2) is 0 Å². The molecule has 1 aromatic heterocycles. The third-order valence-electron chi connectivity index (χ3n) is 0.921. The van der Waals surface area contributed by atoms with Crippen LogP contribution in [-0.4, -0.2) is 17.0 Å². The first-order chi connectivity index (χ1) is 4.30. The van der Waals surface area contributed by atoms with E-state index in [1.165, 1.54) is 6.33 Å². The van der Waals surface area contributed by atoms with Crippen molar-refractivity contribution < 1.29 is 0 Å². The van der Waals surface area contributed by atoms with E-state index in [0.717, 1.165) is 5.69 Å². The molecule has 3 nitrogen and oxygen atoms in total. The minimum absolute atomic E-state index is 0.890. The molecule has 0 bridgehead atoms. The molecular formula is C5H7N3S. The molecule has 0 aromatic carbocycles. The minimum Gasteiger partial charge on any atom is -0.319 e. The number of hydrogen-bond acceptors (Lipinski definition) is 4. The number of rotatable bonds is 1. The molecule has 0 spiro atoms. The zero-order valence-electron chi connectivity index (χ0n) is 5.02. The molecule has 0 amide bonds. The third-order valence-corrected chi connectivity index (χ3v) is 1.15. The van der Waals surface area contributed by atoms with E-state index in [-0.39, 0.29) is 0 Å². The van der Waals surface area contributed by atoms with E-state index in [4.69, 9.17) is 0 Å². The van der Waals surface area contributed by atoms with Gasteiger partial charge in [0.1, 0.15) is 6.33 Å². The highest BCUT2D eigenvalue weighted by molar-refractivity contribution is 7.81. The van der Waals surface area contributed by atoms with E-state index < -0.39 is 0 Å². The Kier molecular flexibility index (Phi) is 1.89. The Balaban J connectivity index is 2.85. The summed E-state index contributed by atoms with van der Waals surface area (Å²) in [6, 6.07) is 0. The zero-order valence-corrected chi connectivity index (χ0v) is 5.92. The van der Waals surface area contributed by atoms with Crippen LogP contribution in [0.4, 0.5) is 5.69 Å². The predicted octanol–water partition coefficient (Wildman–Crippen LogP) is 0.758. The summed E-state index contributed by atoms with van der Waals surface area (Å²) in [5.74, 6) is 0. The molecule has 0 aliphatic heterocycles. The number of hydrogen-bond donors (Lipinski definition) is 1. The standard InChI is InChI=1S/C5H7N3S/c1-8(9)5-2-6-4-7-3-5/h2-4,9H,1H3. The van der Waals surface area contributed by atoms with Crippen LogP contribution >= 0.6 is 12.8 Å². The molecule has 0 radical (unpaired) electrons. The van der Waals surface area contributed by atoms with Crippen LogP contribution in [-0.2, 0) is 0 Å². The lowest BCUT2D eigenvalue weighted by Gasteiger charge is -2.07. The van der Waals surface area contributed by atoms with E-state index in [0.29, 0.717) is 0 Å². The topological polar surface area (TPSA) is 29.0 Å². The van der Waals surface area contributed by atoms with Gasteiger partial charge in [-0.25, -0.2) is 9.97 Å². The number of thiol groups is 1. The summed E-state index contributed by atoms with van der Waals surface area (Å²) in [6.45, 7) is 0. The lowest BCUT2D eigenvalue weighted by molar-refractivity contribution is 1.14. The van der Waals surface area contributed by atoms with Crippen molar-refractivity contribution in [3.05, 3.63) is 18.7 Å². The Morgan fingerprint density at radius 2 is 2.00 bits per heavy atom. The summed E-state index contributed by atoms with van der Waals surface area (Å²) in [6.07, 6.45) is 4.88. The molecule has 9 heavy (non-hydrogen) atoms. The third kappa shape index (κ3) is 1.57. The highest BCUT2D eigenvalue weighted by Crippen LogP contribution is 2.07. The minimum atomic E-state index is 0.890. The molecule has 0 unspecified atom stereocenters. The van der Waals surface area contributed by atoms with E-state index in [2.05, 4.69) is 22.8 Å². The second-order valence-electron chi connectivity index (χ2n) is 1.62. The molecule has 4 heteroatoms. The number of aromatic nitrogens is 2. The number of anilines is 1. The Morgan fingerprint density at radius 1 is 1.44 bits per heavy atom. The molecule has 1 aromatic rings. The fourth-order valence-electron chi connectivity index (χ4n) is 0.458. The van der Waals surface area contributed by atoms with Gasteiger partial charge >= 0.3 is 0 Å². The maximum absolute atomic E-state index is 4.04. The first-order valence-corrected chi connectivity index (χ1v) is 2.88. The summed E-state index contributed by atoms with van der Waals surface area (Å²) in [5, 5.41) is 0. The molecule has 0 N–H and O–H groups in total. The van der Waals surface area contributed by atoms with Crippen LogP contribution < -0.4 is 4.31 Å². The lowest BCUT2D eigenvalue weighted by Crippen LogP contribution is -2.00. The van der Waals surface area contributed by atoms with Crippen LogP contribution in [0.25, 0.3) is 0 Å².